The highest BCUT2D eigenvalue weighted by molar-refractivity contribution is 14.1. The lowest BCUT2D eigenvalue weighted by Gasteiger charge is -1.98. The summed E-state index contributed by atoms with van der Waals surface area (Å²) < 4.78 is 5.82. The molecule has 0 bridgehead atoms. The summed E-state index contributed by atoms with van der Waals surface area (Å²) in [6, 6.07) is 0. The van der Waals surface area contributed by atoms with Crippen molar-refractivity contribution in [3.8, 4) is 0 Å². The minimum atomic E-state index is 0.385. The molecule has 0 aromatic carbocycles. The predicted octanol–water partition coefficient (Wildman–Crippen LogP) is 2.19. The fourth-order valence-corrected chi connectivity index (χ4v) is 0.923. The van der Waals surface area contributed by atoms with Crippen LogP contribution in [-0.2, 0) is 0 Å². The Morgan fingerprint density at radius 1 is 1.60 bits per heavy atom. The van der Waals surface area contributed by atoms with Crippen LogP contribution < -0.4 is 0 Å². The Morgan fingerprint density at radius 2 is 2.30 bits per heavy atom. The van der Waals surface area contributed by atoms with Crippen molar-refractivity contribution in [3.63, 3.8) is 0 Å². The van der Waals surface area contributed by atoms with Crippen molar-refractivity contribution < 1.29 is 4.42 Å². The van der Waals surface area contributed by atoms with Gasteiger partial charge in [0.15, 0.2) is 0 Å². The molecule has 0 aliphatic carbocycles. The maximum atomic E-state index is 5.20. The molecule has 1 heterocycles. The molecule has 0 fully saturated rings. The molecule has 0 spiro atoms. The van der Waals surface area contributed by atoms with Gasteiger partial charge in [0.25, 0.3) is 3.90 Å². The summed E-state index contributed by atoms with van der Waals surface area (Å²) in [6.45, 7) is 4.17. The van der Waals surface area contributed by atoms with Crippen molar-refractivity contribution in [2.75, 3.05) is 0 Å². The second-order valence-electron chi connectivity index (χ2n) is 2.20. The molecule has 56 valence electrons. The van der Waals surface area contributed by atoms with Crippen LogP contribution in [0, 0.1) is 3.90 Å². The molecule has 3 nitrogen and oxygen atoms in total. The van der Waals surface area contributed by atoms with Gasteiger partial charge in [-0.05, 0) is 6.42 Å². The van der Waals surface area contributed by atoms with E-state index in [0.717, 1.165) is 12.3 Å². The molecule has 0 saturated carbocycles. The zero-order chi connectivity index (χ0) is 7.56. The molecule has 0 aliphatic rings. The van der Waals surface area contributed by atoms with Gasteiger partial charge in [0.1, 0.15) is 0 Å². The molecule has 0 N–H and O–H groups in total. The van der Waals surface area contributed by atoms with Crippen LogP contribution in [0.4, 0.5) is 0 Å². The molecule has 0 amide bonds. The summed E-state index contributed by atoms with van der Waals surface area (Å²) in [4.78, 5) is 0. The van der Waals surface area contributed by atoms with Crippen LogP contribution in [0.15, 0.2) is 4.42 Å². The van der Waals surface area contributed by atoms with Gasteiger partial charge >= 0.3 is 0 Å². The van der Waals surface area contributed by atoms with E-state index in [-0.39, 0.29) is 0 Å². The molecular formula is C6H9IN2O. The zero-order valence-electron chi connectivity index (χ0n) is 5.97. The first-order valence-corrected chi connectivity index (χ1v) is 4.30. The van der Waals surface area contributed by atoms with E-state index < -0.39 is 0 Å². The van der Waals surface area contributed by atoms with Crippen LogP contribution in [0.3, 0.4) is 0 Å². The minimum absolute atomic E-state index is 0.385. The minimum Gasteiger partial charge on any atom is -0.416 e. The van der Waals surface area contributed by atoms with E-state index in [1.165, 1.54) is 0 Å². The summed E-state index contributed by atoms with van der Waals surface area (Å²) in [6.07, 6.45) is 1.04. The highest BCUT2D eigenvalue weighted by Crippen LogP contribution is 2.16. The second-order valence-corrected chi connectivity index (χ2v) is 3.13. The molecule has 4 heteroatoms. The third kappa shape index (κ3) is 1.68. The quantitative estimate of drug-likeness (QED) is 0.757. The lowest BCUT2D eigenvalue weighted by atomic mass is 10.1. The van der Waals surface area contributed by atoms with Crippen LogP contribution in [0.5, 0.6) is 0 Å². The lowest BCUT2D eigenvalue weighted by molar-refractivity contribution is 0.434. The molecular weight excluding hydrogens is 243 g/mol. The lowest BCUT2D eigenvalue weighted by Crippen LogP contribution is -1.90. The molecule has 0 aliphatic heterocycles. The molecule has 0 saturated heterocycles. The summed E-state index contributed by atoms with van der Waals surface area (Å²) in [5, 5.41) is 7.62. The summed E-state index contributed by atoms with van der Waals surface area (Å²) >= 11 is 2.01. The fraction of sp³-hybridized carbons (Fsp3) is 0.667. The van der Waals surface area contributed by atoms with E-state index in [2.05, 4.69) is 24.0 Å². The topological polar surface area (TPSA) is 38.9 Å². The van der Waals surface area contributed by atoms with Gasteiger partial charge in [-0.1, -0.05) is 13.8 Å². The van der Waals surface area contributed by atoms with Crippen LogP contribution in [0.25, 0.3) is 0 Å². The van der Waals surface area contributed by atoms with Gasteiger partial charge in [0, 0.05) is 28.5 Å². The van der Waals surface area contributed by atoms with Gasteiger partial charge < -0.3 is 4.42 Å². The van der Waals surface area contributed by atoms with Crippen molar-refractivity contribution in [1.82, 2.24) is 10.2 Å². The first kappa shape index (κ1) is 7.97. The maximum Gasteiger partial charge on any atom is 0.278 e. The van der Waals surface area contributed by atoms with Crippen molar-refractivity contribution in [3.05, 3.63) is 9.79 Å². The standard InChI is InChI=1S/C6H9IN2O/c1-3-4(2)5-8-9-6(7)10-5/h4H,3H2,1-2H3. The monoisotopic (exact) mass is 252 g/mol. The molecule has 1 aromatic heterocycles. The Kier molecular flexibility index (Phi) is 2.64. The molecule has 1 aromatic rings. The van der Waals surface area contributed by atoms with E-state index >= 15 is 0 Å². The average molecular weight is 252 g/mol. The van der Waals surface area contributed by atoms with Gasteiger partial charge in [0.2, 0.25) is 5.89 Å². The van der Waals surface area contributed by atoms with Gasteiger partial charge in [-0.3, -0.25) is 0 Å². The fourth-order valence-electron chi connectivity index (χ4n) is 0.589. The Hall–Kier alpha value is -0.130. The van der Waals surface area contributed by atoms with E-state index in [9.17, 15) is 0 Å². The van der Waals surface area contributed by atoms with Crippen molar-refractivity contribution in [2.24, 2.45) is 0 Å². The van der Waals surface area contributed by atoms with Crippen molar-refractivity contribution in [1.29, 1.82) is 0 Å². The SMILES string of the molecule is CCC(C)c1nnc(I)o1. The first-order chi connectivity index (χ1) is 4.74. The van der Waals surface area contributed by atoms with E-state index in [0.29, 0.717) is 9.82 Å². The molecule has 1 rings (SSSR count). The number of nitrogens with zero attached hydrogens (tertiary/aromatic N) is 2. The highest BCUT2D eigenvalue weighted by Gasteiger charge is 2.09. The Labute approximate surface area is 73.4 Å². The number of hydrogen-bond donors (Lipinski definition) is 0. The van der Waals surface area contributed by atoms with Gasteiger partial charge in [0.05, 0.1) is 0 Å². The number of aromatic nitrogens is 2. The van der Waals surface area contributed by atoms with Crippen molar-refractivity contribution in [2.45, 2.75) is 26.2 Å². The second kappa shape index (κ2) is 3.32. The number of halogens is 1. The van der Waals surface area contributed by atoms with Gasteiger partial charge in [-0.15, -0.1) is 10.2 Å². The molecule has 1 atom stereocenters. The number of hydrogen-bond acceptors (Lipinski definition) is 3. The molecule has 1 unspecified atom stereocenters. The first-order valence-electron chi connectivity index (χ1n) is 3.23. The van der Waals surface area contributed by atoms with Crippen molar-refractivity contribution >= 4 is 22.6 Å². The number of rotatable bonds is 2. The Bertz CT molecular complexity index is 211. The van der Waals surface area contributed by atoms with Gasteiger partial charge in [-0.25, -0.2) is 0 Å². The average Bonchev–Trinajstić information content (AvgIpc) is 2.34. The summed E-state index contributed by atoms with van der Waals surface area (Å²) in [5.74, 6) is 1.13. The Morgan fingerprint density at radius 3 is 2.70 bits per heavy atom. The third-order valence-electron chi connectivity index (χ3n) is 1.45. The van der Waals surface area contributed by atoms with Gasteiger partial charge in [-0.2, -0.15) is 0 Å². The van der Waals surface area contributed by atoms with E-state index in [1.54, 1.807) is 0 Å². The smallest absolute Gasteiger partial charge is 0.278 e. The van der Waals surface area contributed by atoms with Crippen LogP contribution in [-0.4, -0.2) is 10.2 Å². The van der Waals surface area contributed by atoms with E-state index in [1.807, 2.05) is 22.6 Å². The van der Waals surface area contributed by atoms with Crippen LogP contribution in [0.2, 0.25) is 0 Å². The molecule has 0 radical (unpaired) electrons. The summed E-state index contributed by atoms with van der Waals surface area (Å²) in [5.41, 5.74) is 0. The predicted molar refractivity (Wildman–Crippen MR) is 45.7 cm³/mol. The summed E-state index contributed by atoms with van der Waals surface area (Å²) in [7, 11) is 0. The highest BCUT2D eigenvalue weighted by atomic mass is 127. The van der Waals surface area contributed by atoms with E-state index in [4.69, 9.17) is 4.42 Å². The zero-order valence-corrected chi connectivity index (χ0v) is 8.12. The largest absolute Gasteiger partial charge is 0.416 e. The molecule has 10 heavy (non-hydrogen) atoms. The maximum absolute atomic E-state index is 5.20. The third-order valence-corrected chi connectivity index (χ3v) is 1.89. The van der Waals surface area contributed by atoms with Crippen LogP contribution >= 0.6 is 22.6 Å². The normalized spacial score (nSPS) is 13.5. The van der Waals surface area contributed by atoms with Crippen LogP contribution in [0.1, 0.15) is 32.1 Å². The Balaban J connectivity index is 2.74.